The van der Waals surface area contributed by atoms with Crippen molar-refractivity contribution >= 4 is 45.6 Å². The van der Waals surface area contributed by atoms with Crippen molar-refractivity contribution in [2.24, 2.45) is 0 Å². The third-order valence-electron chi connectivity index (χ3n) is 4.29. The molecular formula is C19H16Cl2N4O2S. The monoisotopic (exact) mass is 434 g/mol. The van der Waals surface area contributed by atoms with Gasteiger partial charge in [0.05, 0.1) is 10.7 Å². The molecule has 144 valence electrons. The van der Waals surface area contributed by atoms with Gasteiger partial charge >= 0.3 is 0 Å². The minimum atomic E-state index is -1.64. The summed E-state index contributed by atoms with van der Waals surface area (Å²) in [6, 6.07) is 14.3. The Kier molecular flexibility index (Phi) is 5.48. The summed E-state index contributed by atoms with van der Waals surface area (Å²) in [7, 11) is -1.64. The number of nitrogens with one attached hydrogen (secondary N) is 1. The number of hydrogen-bond donors (Lipinski definition) is 1. The highest BCUT2D eigenvalue weighted by atomic mass is 35.5. The van der Waals surface area contributed by atoms with Crippen LogP contribution in [0.2, 0.25) is 10.0 Å². The van der Waals surface area contributed by atoms with E-state index < -0.39 is 16.7 Å². The van der Waals surface area contributed by atoms with Gasteiger partial charge in [0.1, 0.15) is 16.6 Å². The van der Waals surface area contributed by atoms with Gasteiger partial charge in [0, 0.05) is 16.6 Å². The van der Waals surface area contributed by atoms with Crippen LogP contribution in [-0.2, 0) is 15.6 Å². The molecule has 4 rings (SSSR count). The van der Waals surface area contributed by atoms with Gasteiger partial charge in [-0.05, 0) is 49.2 Å². The number of nitrogens with zero attached hydrogens (tertiary/aromatic N) is 3. The van der Waals surface area contributed by atoms with Gasteiger partial charge in [-0.2, -0.15) is 0 Å². The van der Waals surface area contributed by atoms with Crippen molar-refractivity contribution in [2.75, 3.05) is 11.1 Å². The van der Waals surface area contributed by atoms with Gasteiger partial charge in [-0.15, -0.1) is 10.2 Å². The Hall–Kier alpha value is -2.22. The molecule has 9 heteroatoms. The molecule has 0 spiro atoms. The van der Waals surface area contributed by atoms with E-state index in [-0.39, 0.29) is 11.8 Å². The summed E-state index contributed by atoms with van der Waals surface area (Å²) < 4.78 is 14.7. The average molecular weight is 435 g/mol. The first-order valence-electron chi connectivity index (χ1n) is 8.66. The summed E-state index contributed by atoms with van der Waals surface area (Å²) in [6.07, 6.45) is 1.93. The number of carbonyl (C=O) groups is 1. The molecule has 1 aliphatic rings. The molecule has 2 aromatic carbocycles. The second kappa shape index (κ2) is 8.03. The second-order valence-electron chi connectivity index (χ2n) is 6.43. The fourth-order valence-electron chi connectivity index (χ4n) is 2.82. The van der Waals surface area contributed by atoms with Crippen LogP contribution in [0.1, 0.15) is 18.9 Å². The number of amides is 1. The number of carbonyl (C=O) groups excluding carboxylic acids is 1. The van der Waals surface area contributed by atoms with Crippen LogP contribution in [0.4, 0.5) is 5.69 Å². The zero-order valence-electron chi connectivity index (χ0n) is 14.6. The van der Waals surface area contributed by atoms with Crippen molar-refractivity contribution in [3.8, 4) is 11.4 Å². The molecule has 0 bridgehead atoms. The molecule has 28 heavy (non-hydrogen) atoms. The van der Waals surface area contributed by atoms with Crippen molar-refractivity contribution in [3.05, 3.63) is 58.6 Å². The van der Waals surface area contributed by atoms with Crippen LogP contribution >= 0.6 is 23.2 Å². The van der Waals surface area contributed by atoms with Crippen LogP contribution < -0.4 is 5.32 Å². The number of rotatable bonds is 6. The predicted octanol–water partition coefficient (Wildman–Crippen LogP) is 4.33. The van der Waals surface area contributed by atoms with Crippen LogP contribution in [0.3, 0.4) is 0 Å². The quantitative estimate of drug-likeness (QED) is 0.625. The van der Waals surface area contributed by atoms with E-state index in [1.54, 1.807) is 36.4 Å². The summed E-state index contributed by atoms with van der Waals surface area (Å²) in [5.41, 5.74) is 1.32. The van der Waals surface area contributed by atoms with Crippen LogP contribution in [0.5, 0.6) is 0 Å². The normalized spacial score (nSPS) is 14.6. The zero-order valence-corrected chi connectivity index (χ0v) is 17.0. The molecule has 0 saturated heterocycles. The van der Waals surface area contributed by atoms with Crippen molar-refractivity contribution in [1.29, 1.82) is 0 Å². The minimum absolute atomic E-state index is 0.200. The molecular weight excluding hydrogens is 419 g/mol. The molecule has 1 unspecified atom stereocenters. The van der Waals surface area contributed by atoms with Crippen molar-refractivity contribution in [3.63, 3.8) is 0 Å². The molecule has 0 aliphatic heterocycles. The zero-order chi connectivity index (χ0) is 19.7. The third kappa shape index (κ3) is 4.11. The smallest absolute Gasteiger partial charge is 0.237 e. The number of halogens is 2. The van der Waals surface area contributed by atoms with Crippen LogP contribution in [0, 0.1) is 0 Å². The number of anilines is 1. The lowest BCUT2D eigenvalue weighted by Gasteiger charge is -2.10. The fraction of sp³-hybridized carbons (Fsp3) is 0.211. The van der Waals surface area contributed by atoms with Crippen molar-refractivity contribution in [2.45, 2.75) is 24.0 Å². The fourth-order valence-corrected chi connectivity index (χ4v) is 4.16. The summed E-state index contributed by atoms with van der Waals surface area (Å²) in [4.78, 5) is 12.3. The lowest BCUT2D eigenvalue weighted by Crippen LogP contribution is -2.21. The Morgan fingerprint density at radius 2 is 1.82 bits per heavy atom. The lowest BCUT2D eigenvalue weighted by atomic mass is 10.2. The maximum absolute atomic E-state index is 12.9. The van der Waals surface area contributed by atoms with E-state index in [0.717, 1.165) is 18.4 Å². The Morgan fingerprint density at radius 1 is 1.11 bits per heavy atom. The number of hydrogen-bond acceptors (Lipinski definition) is 4. The number of aromatic nitrogens is 3. The first-order valence-corrected chi connectivity index (χ1v) is 10.7. The van der Waals surface area contributed by atoms with Gasteiger partial charge in [0.2, 0.25) is 11.1 Å². The molecule has 1 amide bonds. The summed E-state index contributed by atoms with van der Waals surface area (Å²) in [5, 5.41) is 12.4. The first kappa shape index (κ1) is 19.1. The van der Waals surface area contributed by atoms with E-state index in [1.165, 1.54) is 0 Å². The van der Waals surface area contributed by atoms with Gasteiger partial charge in [-0.25, -0.2) is 0 Å². The van der Waals surface area contributed by atoms with E-state index >= 15 is 0 Å². The number of benzene rings is 2. The second-order valence-corrected chi connectivity index (χ2v) is 8.62. The molecule has 1 aromatic heterocycles. The topological polar surface area (TPSA) is 76.9 Å². The SMILES string of the molecule is O=C(CS(=O)c1nnc(-c2ccc(Cl)cc2)n1C1CC1)Nc1ccccc1Cl. The van der Waals surface area contributed by atoms with Crippen molar-refractivity contribution < 1.29 is 9.00 Å². The summed E-state index contributed by atoms with van der Waals surface area (Å²) in [6.45, 7) is 0. The highest BCUT2D eigenvalue weighted by Crippen LogP contribution is 2.39. The van der Waals surface area contributed by atoms with Crippen LogP contribution in [-0.4, -0.2) is 30.6 Å². The summed E-state index contributed by atoms with van der Waals surface area (Å²) >= 11 is 12.0. The van der Waals surface area contributed by atoms with Gasteiger partial charge < -0.3 is 5.32 Å². The van der Waals surface area contributed by atoms with E-state index in [2.05, 4.69) is 15.5 Å². The van der Waals surface area contributed by atoms with E-state index in [0.29, 0.717) is 26.7 Å². The lowest BCUT2D eigenvalue weighted by molar-refractivity contribution is -0.113. The Balaban J connectivity index is 1.55. The Bertz CT molecular complexity index is 1050. The Morgan fingerprint density at radius 3 is 2.50 bits per heavy atom. The van der Waals surface area contributed by atoms with Gasteiger partial charge in [0.25, 0.3) is 0 Å². The van der Waals surface area contributed by atoms with Gasteiger partial charge in [-0.3, -0.25) is 13.6 Å². The Labute approximate surface area is 174 Å². The van der Waals surface area contributed by atoms with E-state index in [4.69, 9.17) is 23.2 Å². The molecule has 1 N–H and O–H groups in total. The molecule has 6 nitrogen and oxygen atoms in total. The maximum Gasteiger partial charge on any atom is 0.237 e. The highest BCUT2D eigenvalue weighted by Gasteiger charge is 2.32. The molecule has 0 radical (unpaired) electrons. The molecule has 1 fully saturated rings. The number of para-hydroxylation sites is 1. The molecule has 1 saturated carbocycles. The van der Waals surface area contributed by atoms with Crippen molar-refractivity contribution in [1.82, 2.24) is 14.8 Å². The molecule has 1 atom stereocenters. The average Bonchev–Trinajstić information content (AvgIpc) is 3.42. The van der Waals surface area contributed by atoms with Crippen LogP contribution in [0.25, 0.3) is 11.4 Å². The van der Waals surface area contributed by atoms with Gasteiger partial charge in [-0.1, -0.05) is 35.3 Å². The minimum Gasteiger partial charge on any atom is -0.324 e. The standard InChI is InChI=1S/C19H16Cl2N4O2S/c20-13-7-5-12(6-8-13)18-23-24-19(25(18)14-9-10-14)28(27)11-17(26)22-16-4-2-1-3-15(16)21/h1-8,14H,9-11H2,(H,22,26). The first-order chi connectivity index (χ1) is 13.5. The molecule has 1 heterocycles. The molecule has 1 aliphatic carbocycles. The third-order valence-corrected chi connectivity index (χ3v) is 6.08. The predicted molar refractivity (Wildman–Crippen MR) is 110 cm³/mol. The molecule has 3 aromatic rings. The summed E-state index contributed by atoms with van der Waals surface area (Å²) in [5.74, 6) is 0.00955. The van der Waals surface area contributed by atoms with E-state index in [9.17, 15) is 9.00 Å². The van der Waals surface area contributed by atoms with Gasteiger partial charge in [0.15, 0.2) is 5.82 Å². The van der Waals surface area contributed by atoms with Crippen LogP contribution in [0.15, 0.2) is 53.7 Å². The maximum atomic E-state index is 12.9. The highest BCUT2D eigenvalue weighted by molar-refractivity contribution is 7.85. The largest absolute Gasteiger partial charge is 0.324 e. The van der Waals surface area contributed by atoms with E-state index in [1.807, 2.05) is 16.7 Å².